The summed E-state index contributed by atoms with van der Waals surface area (Å²) < 4.78 is 40.2. The number of alkyl halides is 3. The van der Waals surface area contributed by atoms with Crippen LogP contribution in [0, 0.1) is 6.92 Å². The van der Waals surface area contributed by atoms with Crippen LogP contribution in [0.5, 0.6) is 0 Å². The van der Waals surface area contributed by atoms with Gasteiger partial charge in [-0.1, -0.05) is 0 Å². The second-order valence-corrected chi connectivity index (χ2v) is 10.3. The number of fused-ring (bicyclic) bond motifs is 3. The van der Waals surface area contributed by atoms with E-state index in [0.29, 0.717) is 43.1 Å². The number of aliphatic hydroxyl groups is 2. The van der Waals surface area contributed by atoms with Gasteiger partial charge >= 0.3 is 6.18 Å². The first-order valence-corrected chi connectivity index (χ1v) is 12.6. The van der Waals surface area contributed by atoms with Crippen molar-refractivity contribution in [2.75, 3.05) is 35.6 Å². The Morgan fingerprint density at radius 2 is 1.81 bits per heavy atom. The van der Waals surface area contributed by atoms with E-state index in [4.69, 9.17) is 10.7 Å². The first kappa shape index (κ1) is 25.5. The van der Waals surface area contributed by atoms with Gasteiger partial charge in [0.1, 0.15) is 11.6 Å². The van der Waals surface area contributed by atoms with Crippen molar-refractivity contribution in [1.29, 1.82) is 0 Å². The summed E-state index contributed by atoms with van der Waals surface area (Å²) >= 11 is 0. The molecule has 10 heteroatoms. The molecule has 5 N–H and O–H groups in total. The van der Waals surface area contributed by atoms with E-state index >= 15 is 0 Å². The molecule has 3 aromatic rings. The predicted molar refractivity (Wildman–Crippen MR) is 138 cm³/mol. The monoisotopic (exact) mass is 515 g/mol. The molecule has 1 atom stereocenters. The number of hydrogen-bond acceptors (Lipinski definition) is 7. The van der Waals surface area contributed by atoms with Gasteiger partial charge in [0, 0.05) is 29.9 Å². The van der Waals surface area contributed by atoms with Crippen LogP contribution in [0.3, 0.4) is 0 Å². The number of anilines is 3. The molecular formula is C27H32F3N5O2. The van der Waals surface area contributed by atoms with Crippen LogP contribution in [0.1, 0.15) is 60.3 Å². The van der Waals surface area contributed by atoms with Crippen molar-refractivity contribution in [2.45, 2.75) is 63.8 Å². The van der Waals surface area contributed by atoms with E-state index in [1.165, 1.54) is 11.1 Å². The molecule has 0 amide bonds. The van der Waals surface area contributed by atoms with Crippen molar-refractivity contribution in [2.24, 2.45) is 0 Å². The van der Waals surface area contributed by atoms with Crippen molar-refractivity contribution in [1.82, 2.24) is 9.97 Å². The first-order chi connectivity index (χ1) is 17.5. The molecule has 1 aliphatic heterocycles. The van der Waals surface area contributed by atoms with E-state index in [-0.39, 0.29) is 12.3 Å². The highest BCUT2D eigenvalue weighted by Crippen LogP contribution is 2.41. The minimum atomic E-state index is -4.49. The lowest BCUT2D eigenvalue weighted by atomic mass is 9.91. The Morgan fingerprint density at radius 3 is 2.49 bits per heavy atom. The van der Waals surface area contributed by atoms with Gasteiger partial charge < -0.3 is 26.2 Å². The largest absolute Gasteiger partial charge is 0.416 e. The lowest BCUT2D eigenvalue weighted by Gasteiger charge is -2.39. The SMILES string of the molecule is Cc1nc(N[C@H](C)c2cc(N)cc(C(F)(F)F)c2)c2cc(N3CCC(O)(CO)CC3)c3c(c2n1)CCC3. The Hall–Kier alpha value is -3.11. The van der Waals surface area contributed by atoms with Crippen LogP contribution < -0.4 is 16.0 Å². The van der Waals surface area contributed by atoms with E-state index in [0.717, 1.165) is 48.0 Å². The summed E-state index contributed by atoms with van der Waals surface area (Å²) in [5, 5.41) is 24.2. The summed E-state index contributed by atoms with van der Waals surface area (Å²) in [7, 11) is 0. The van der Waals surface area contributed by atoms with Crippen LogP contribution >= 0.6 is 0 Å². The molecule has 1 fully saturated rings. The smallest absolute Gasteiger partial charge is 0.399 e. The average Bonchev–Trinajstić information content (AvgIpc) is 3.34. The van der Waals surface area contributed by atoms with E-state index < -0.39 is 23.4 Å². The Labute approximate surface area is 213 Å². The third-order valence-corrected chi connectivity index (χ3v) is 7.64. The molecule has 0 bridgehead atoms. The Morgan fingerprint density at radius 1 is 1.11 bits per heavy atom. The fourth-order valence-electron chi connectivity index (χ4n) is 5.55. The molecule has 2 heterocycles. The van der Waals surface area contributed by atoms with Crippen molar-refractivity contribution in [3.05, 3.63) is 52.3 Å². The molecule has 7 nitrogen and oxygen atoms in total. The van der Waals surface area contributed by atoms with Crippen LogP contribution in [-0.2, 0) is 19.0 Å². The maximum atomic E-state index is 13.4. The molecule has 0 radical (unpaired) electrons. The summed E-state index contributed by atoms with van der Waals surface area (Å²) in [4.78, 5) is 11.6. The molecule has 0 unspecified atom stereocenters. The first-order valence-electron chi connectivity index (χ1n) is 12.6. The quantitative estimate of drug-likeness (QED) is 0.370. The molecule has 198 valence electrons. The van der Waals surface area contributed by atoms with E-state index in [9.17, 15) is 23.4 Å². The predicted octanol–water partition coefficient (Wildman–Crippen LogP) is 4.52. The second kappa shape index (κ2) is 9.33. The number of hydrogen-bond donors (Lipinski definition) is 4. The van der Waals surface area contributed by atoms with Gasteiger partial charge in [-0.15, -0.1) is 0 Å². The maximum absolute atomic E-state index is 13.4. The molecule has 5 rings (SSSR count). The lowest BCUT2D eigenvalue weighted by Crippen LogP contribution is -2.46. The van der Waals surface area contributed by atoms with Crippen molar-refractivity contribution in [3.8, 4) is 0 Å². The third kappa shape index (κ3) is 4.92. The highest BCUT2D eigenvalue weighted by molar-refractivity contribution is 5.96. The zero-order valence-electron chi connectivity index (χ0n) is 21.0. The number of benzene rings is 2. The highest BCUT2D eigenvalue weighted by Gasteiger charge is 2.34. The molecule has 2 aromatic carbocycles. The molecule has 1 aromatic heterocycles. The number of aromatic nitrogens is 2. The van der Waals surface area contributed by atoms with Gasteiger partial charge in [0.25, 0.3) is 0 Å². The Kier molecular flexibility index (Phi) is 6.44. The van der Waals surface area contributed by atoms with Gasteiger partial charge in [-0.3, -0.25) is 0 Å². The summed E-state index contributed by atoms with van der Waals surface area (Å²) in [6.07, 6.45) is -0.702. The number of halogens is 3. The number of nitrogens with one attached hydrogen (secondary N) is 1. The van der Waals surface area contributed by atoms with Crippen LogP contribution in [0.2, 0.25) is 0 Å². The summed E-state index contributed by atoms with van der Waals surface area (Å²) in [6.45, 7) is 4.57. The molecule has 2 aliphatic rings. The van der Waals surface area contributed by atoms with Crippen LogP contribution in [0.25, 0.3) is 10.9 Å². The fraction of sp³-hybridized carbons (Fsp3) is 0.481. The summed E-state index contributed by atoms with van der Waals surface area (Å²) in [6, 6.07) is 5.17. The minimum Gasteiger partial charge on any atom is -0.399 e. The topological polar surface area (TPSA) is 108 Å². The van der Waals surface area contributed by atoms with Gasteiger partial charge in [-0.2, -0.15) is 13.2 Å². The lowest BCUT2D eigenvalue weighted by molar-refractivity contribution is -0.137. The van der Waals surface area contributed by atoms with Crippen LogP contribution in [-0.4, -0.2) is 45.5 Å². The standard InChI is InChI=1S/C27H32F3N5O2/c1-15(17-10-18(27(28,29)30)12-19(31)11-17)32-25-22-13-23(35-8-6-26(37,14-36)7-9-35)20-4-3-5-21(20)24(22)33-16(2)34-25/h10-13,15,36-37H,3-9,14,31H2,1-2H3,(H,32,33,34)/t15-/m1/s1. The van der Waals surface area contributed by atoms with E-state index in [1.54, 1.807) is 13.0 Å². The minimum absolute atomic E-state index is 0.0512. The molecule has 37 heavy (non-hydrogen) atoms. The zero-order chi connectivity index (χ0) is 26.5. The zero-order valence-corrected chi connectivity index (χ0v) is 21.0. The third-order valence-electron chi connectivity index (χ3n) is 7.64. The van der Waals surface area contributed by atoms with E-state index in [1.807, 2.05) is 6.92 Å². The number of rotatable bonds is 5. The van der Waals surface area contributed by atoms with Gasteiger partial charge in [0.15, 0.2) is 0 Å². The summed E-state index contributed by atoms with van der Waals surface area (Å²) in [5.74, 6) is 1.14. The number of aliphatic hydroxyl groups excluding tert-OH is 1. The maximum Gasteiger partial charge on any atom is 0.416 e. The molecule has 1 saturated heterocycles. The molecular weight excluding hydrogens is 483 g/mol. The number of nitrogens with zero attached hydrogens (tertiary/aromatic N) is 3. The molecule has 0 spiro atoms. The highest BCUT2D eigenvalue weighted by atomic mass is 19.4. The number of aryl methyl sites for hydroxylation is 2. The number of nitrogens with two attached hydrogens (primary N) is 1. The summed E-state index contributed by atoms with van der Waals surface area (Å²) in [5.41, 5.74) is 8.81. The van der Waals surface area contributed by atoms with Gasteiger partial charge in [-0.05, 0) is 86.9 Å². The van der Waals surface area contributed by atoms with Gasteiger partial charge in [0.2, 0.25) is 0 Å². The molecule has 0 saturated carbocycles. The fourth-order valence-corrected chi connectivity index (χ4v) is 5.55. The Bertz CT molecular complexity index is 1340. The van der Waals surface area contributed by atoms with Crippen molar-refractivity contribution in [3.63, 3.8) is 0 Å². The van der Waals surface area contributed by atoms with Crippen molar-refractivity contribution < 1.29 is 23.4 Å². The number of piperidine rings is 1. The average molecular weight is 516 g/mol. The number of nitrogen functional groups attached to an aromatic ring is 1. The second-order valence-electron chi connectivity index (χ2n) is 10.3. The van der Waals surface area contributed by atoms with Crippen LogP contribution in [0.15, 0.2) is 24.3 Å². The van der Waals surface area contributed by atoms with Gasteiger partial charge in [0.05, 0.1) is 29.3 Å². The van der Waals surface area contributed by atoms with Crippen LogP contribution in [0.4, 0.5) is 30.4 Å². The Balaban J connectivity index is 1.55. The van der Waals surface area contributed by atoms with E-state index in [2.05, 4.69) is 21.3 Å². The molecule has 1 aliphatic carbocycles. The van der Waals surface area contributed by atoms with Gasteiger partial charge in [-0.25, -0.2) is 9.97 Å². The normalized spacial score (nSPS) is 18.2. The van der Waals surface area contributed by atoms with Crippen molar-refractivity contribution >= 4 is 28.1 Å².